The van der Waals surface area contributed by atoms with E-state index in [1.54, 1.807) is 0 Å². The minimum Gasteiger partial charge on any atom is -0.756 e. The molecular weight excluding hydrogens is 725 g/mol. The van der Waals surface area contributed by atoms with E-state index in [0.29, 0.717) is 17.4 Å². The van der Waals surface area contributed by atoms with Crippen molar-refractivity contribution in [3.63, 3.8) is 0 Å². The Balaban J connectivity index is 4.34. The van der Waals surface area contributed by atoms with Gasteiger partial charge in [-0.1, -0.05) is 154 Å². The number of allylic oxidation sites excluding steroid dienone is 4. The van der Waals surface area contributed by atoms with E-state index in [2.05, 4.69) is 38.2 Å². The lowest BCUT2D eigenvalue weighted by Crippen LogP contribution is -2.37. The lowest BCUT2D eigenvalue weighted by molar-refractivity contribution is -0.870. The van der Waals surface area contributed by atoms with Crippen LogP contribution in [0, 0.1) is 0 Å². The summed E-state index contributed by atoms with van der Waals surface area (Å²) in [4.78, 5) is 37.5. The van der Waals surface area contributed by atoms with E-state index >= 15 is 0 Å². The van der Waals surface area contributed by atoms with Crippen molar-refractivity contribution in [2.24, 2.45) is 0 Å². The molecule has 0 heterocycles. The summed E-state index contributed by atoms with van der Waals surface area (Å²) in [5.41, 5.74) is 0. The highest BCUT2D eigenvalue weighted by atomic mass is 31.2. The second-order valence-electron chi connectivity index (χ2n) is 16.8. The van der Waals surface area contributed by atoms with Crippen LogP contribution in [0.4, 0.5) is 0 Å². The molecule has 0 rings (SSSR count). The molecule has 56 heavy (non-hydrogen) atoms. The van der Waals surface area contributed by atoms with Crippen LogP contribution in [-0.4, -0.2) is 70.0 Å². The third kappa shape index (κ3) is 42.1. The zero-order chi connectivity index (χ0) is 41.4. The third-order valence-electron chi connectivity index (χ3n) is 9.94. The molecule has 0 amide bonds. The van der Waals surface area contributed by atoms with Crippen LogP contribution in [-0.2, 0) is 32.7 Å². The maximum absolute atomic E-state index is 12.7. The van der Waals surface area contributed by atoms with Gasteiger partial charge < -0.3 is 27.9 Å². The molecule has 0 N–H and O–H groups in total. The van der Waals surface area contributed by atoms with Gasteiger partial charge in [0.05, 0.1) is 27.7 Å². The molecule has 0 aromatic carbocycles. The van der Waals surface area contributed by atoms with E-state index in [0.717, 1.165) is 38.5 Å². The molecule has 2 atom stereocenters. The molecular formula is C46H88NO8P. The highest BCUT2D eigenvalue weighted by molar-refractivity contribution is 7.45. The Labute approximate surface area is 345 Å². The average molecular weight is 814 g/mol. The Morgan fingerprint density at radius 1 is 0.536 bits per heavy atom. The lowest BCUT2D eigenvalue weighted by Gasteiger charge is -2.28. The summed E-state index contributed by atoms with van der Waals surface area (Å²) in [7, 11) is 1.16. The Morgan fingerprint density at radius 3 is 1.38 bits per heavy atom. The fraction of sp³-hybridized carbons (Fsp3) is 0.870. The molecule has 0 aromatic heterocycles. The van der Waals surface area contributed by atoms with Gasteiger partial charge in [-0.05, 0) is 64.2 Å². The van der Waals surface area contributed by atoms with Crippen molar-refractivity contribution in [3.8, 4) is 0 Å². The molecule has 0 fully saturated rings. The number of carbonyl (C=O) groups is 2. The Morgan fingerprint density at radius 2 is 0.911 bits per heavy atom. The first-order chi connectivity index (χ1) is 27.0. The molecule has 0 saturated heterocycles. The zero-order valence-electron chi connectivity index (χ0n) is 37.1. The highest BCUT2D eigenvalue weighted by Gasteiger charge is 2.21. The summed E-state index contributed by atoms with van der Waals surface area (Å²) in [6.45, 7) is 4.21. The first-order valence-electron chi connectivity index (χ1n) is 23.0. The molecule has 1 unspecified atom stereocenters. The summed E-state index contributed by atoms with van der Waals surface area (Å²) in [6, 6.07) is 0. The van der Waals surface area contributed by atoms with Gasteiger partial charge in [-0.3, -0.25) is 14.2 Å². The molecule has 10 heteroatoms. The van der Waals surface area contributed by atoms with E-state index in [1.807, 2.05) is 21.1 Å². The lowest BCUT2D eigenvalue weighted by atomic mass is 10.1. The number of ether oxygens (including phenoxy) is 2. The van der Waals surface area contributed by atoms with Crippen molar-refractivity contribution < 1.29 is 42.1 Å². The first kappa shape index (κ1) is 54.5. The van der Waals surface area contributed by atoms with Gasteiger partial charge >= 0.3 is 11.9 Å². The van der Waals surface area contributed by atoms with Gasteiger partial charge in [-0.2, -0.15) is 0 Å². The highest BCUT2D eigenvalue weighted by Crippen LogP contribution is 2.38. The Bertz CT molecular complexity index is 1010. The van der Waals surface area contributed by atoms with Crippen LogP contribution >= 0.6 is 7.82 Å². The Hall–Kier alpha value is -1.51. The minimum atomic E-state index is -4.63. The largest absolute Gasteiger partial charge is 0.756 e. The number of phosphoric ester groups is 1. The summed E-state index contributed by atoms with van der Waals surface area (Å²) >= 11 is 0. The summed E-state index contributed by atoms with van der Waals surface area (Å²) < 4.78 is 33.9. The van der Waals surface area contributed by atoms with Gasteiger partial charge in [-0.15, -0.1) is 0 Å². The van der Waals surface area contributed by atoms with E-state index in [1.165, 1.54) is 135 Å². The fourth-order valence-electron chi connectivity index (χ4n) is 6.29. The van der Waals surface area contributed by atoms with Gasteiger partial charge in [-0.25, -0.2) is 0 Å². The summed E-state index contributed by atoms with van der Waals surface area (Å²) in [5, 5.41) is 0. The van der Waals surface area contributed by atoms with Crippen molar-refractivity contribution in [1.29, 1.82) is 0 Å². The molecule has 0 aromatic rings. The third-order valence-corrected chi connectivity index (χ3v) is 10.9. The van der Waals surface area contributed by atoms with Gasteiger partial charge in [0.2, 0.25) is 0 Å². The smallest absolute Gasteiger partial charge is 0.306 e. The molecule has 0 radical (unpaired) electrons. The number of hydrogen-bond donors (Lipinski definition) is 0. The van der Waals surface area contributed by atoms with Crippen LogP contribution in [0.5, 0.6) is 0 Å². The molecule has 0 saturated carbocycles. The van der Waals surface area contributed by atoms with Crippen LogP contribution in [0.25, 0.3) is 0 Å². The SMILES string of the molecule is CCCCCC/C=C/CCCCCCCCCCCC(=O)OC[C@H](COP(=O)([O-])OCC[N+](C)(C)C)OC(=O)CCCC/C=C/CCCCCCCCCCC. The number of nitrogens with zero attached hydrogens (tertiary/aromatic N) is 1. The van der Waals surface area contributed by atoms with Crippen LogP contribution in [0.1, 0.15) is 206 Å². The molecule has 0 aliphatic carbocycles. The monoisotopic (exact) mass is 814 g/mol. The van der Waals surface area contributed by atoms with Crippen LogP contribution in [0.15, 0.2) is 24.3 Å². The number of unbranched alkanes of at least 4 members (excludes halogenated alkanes) is 24. The second-order valence-corrected chi connectivity index (χ2v) is 18.2. The number of likely N-dealkylation sites (N-methyl/N-ethyl adjacent to an activating group) is 1. The van der Waals surface area contributed by atoms with Gasteiger partial charge in [0.25, 0.3) is 7.82 Å². The van der Waals surface area contributed by atoms with Crippen molar-refractivity contribution in [2.45, 2.75) is 213 Å². The number of hydrogen-bond acceptors (Lipinski definition) is 8. The molecule has 0 spiro atoms. The molecule has 330 valence electrons. The first-order valence-corrected chi connectivity index (χ1v) is 24.5. The number of esters is 2. The predicted molar refractivity (Wildman–Crippen MR) is 231 cm³/mol. The van der Waals surface area contributed by atoms with Gasteiger partial charge in [0, 0.05) is 12.8 Å². The van der Waals surface area contributed by atoms with E-state index in [-0.39, 0.29) is 32.0 Å². The van der Waals surface area contributed by atoms with E-state index in [4.69, 9.17) is 18.5 Å². The average Bonchev–Trinajstić information content (AvgIpc) is 3.15. The predicted octanol–water partition coefficient (Wildman–Crippen LogP) is 12.5. The fourth-order valence-corrected chi connectivity index (χ4v) is 7.02. The molecule has 0 bridgehead atoms. The van der Waals surface area contributed by atoms with Crippen LogP contribution < -0.4 is 4.89 Å². The number of rotatable bonds is 42. The zero-order valence-corrected chi connectivity index (χ0v) is 38.0. The normalized spacial score (nSPS) is 13.8. The van der Waals surface area contributed by atoms with Crippen molar-refractivity contribution in [2.75, 3.05) is 47.5 Å². The maximum atomic E-state index is 12.7. The molecule has 9 nitrogen and oxygen atoms in total. The van der Waals surface area contributed by atoms with Crippen molar-refractivity contribution >= 4 is 19.8 Å². The summed E-state index contributed by atoms with van der Waals surface area (Å²) in [5.74, 6) is -0.857. The standard InChI is InChI=1S/C46H88NO8P/c1-6-8-10-12-14-16-18-20-22-23-25-26-28-30-32-34-36-38-45(48)52-42-44(43-54-56(50,51)53-41-40-47(3,4)5)55-46(49)39-37-35-33-31-29-27-24-21-19-17-15-13-11-9-7-2/h16,18,29,31,44H,6-15,17,19-28,30,32-43H2,1-5H3/b18-16+,31-29+/t44-/m1/s1. The van der Waals surface area contributed by atoms with E-state index < -0.39 is 26.5 Å². The summed E-state index contributed by atoms with van der Waals surface area (Å²) in [6.07, 6.45) is 42.0. The quantitative estimate of drug-likeness (QED) is 0.0197. The number of quaternary nitrogens is 1. The van der Waals surface area contributed by atoms with Gasteiger partial charge in [0.15, 0.2) is 6.10 Å². The van der Waals surface area contributed by atoms with Crippen LogP contribution in [0.3, 0.4) is 0 Å². The van der Waals surface area contributed by atoms with Crippen molar-refractivity contribution in [1.82, 2.24) is 0 Å². The second kappa shape index (κ2) is 39.0. The number of carbonyl (C=O) groups excluding carboxylic acids is 2. The molecule has 0 aliphatic rings. The Kier molecular flexibility index (Phi) is 37.9. The molecule has 0 aliphatic heterocycles. The van der Waals surface area contributed by atoms with Gasteiger partial charge in [0.1, 0.15) is 19.8 Å². The number of phosphoric acid groups is 1. The maximum Gasteiger partial charge on any atom is 0.306 e. The minimum absolute atomic E-state index is 0.0332. The van der Waals surface area contributed by atoms with Crippen LogP contribution in [0.2, 0.25) is 0 Å². The van der Waals surface area contributed by atoms with Crippen molar-refractivity contribution in [3.05, 3.63) is 24.3 Å². The van der Waals surface area contributed by atoms with E-state index in [9.17, 15) is 19.0 Å². The topological polar surface area (TPSA) is 111 Å².